The van der Waals surface area contributed by atoms with Crippen LogP contribution in [0.25, 0.3) is 0 Å². The van der Waals surface area contributed by atoms with Gasteiger partial charge in [-0.1, -0.05) is 13.5 Å². The summed E-state index contributed by atoms with van der Waals surface area (Å²) in [4.78, 5) is 2.49. The van der Waals surface area contributed by atoms with Crippen molar-refractivity contribution >= 4 is 0 Å². The molecule has 62 valence electrons. The lowest BCUT2D eigenvalue weighted by molar-refractivity contribution is 0.0232. The molecule has 1 N–H and O–H groups in total. The topological polar surface area (TPSA) is 15.3 Å². The van der Waals surface area contributed by atoms with Gasteiger partial charge >= 0.3 is 0 Å². The Kier molecular flexibility index (Phi) is 1.46. The van der Waals surface area contributed by atoms with Crippen molar-refractivity contribution in [1.29, 1.82) is 0 Å². The first kappa shape index (κ1) is 7.17. The zero-order valence-electron chi connectivity index (χ0n) is 7.19. The highest BCUT2D eigenvalue weighted by molar-refractivity contribution is 5.12. The Morgan fingerprint density at radius 3 is 2.82 bits per heavy atom. The predicted molar refractivity (Wildman–Crippen MR) is 46.3 cm³/mol. The second kappa shape index (κ2) is 2.24. The highest BCUT2D eigenvalue weighted by atomic mass is 15.2. The highest BCUT2D eigenvalue weighted by Gasteiger charge is 2.45. The van der Waals surface area contributed by atoms with Gasteiger partial charge in [-0.15, -0.1) is 0 Å². The average Bonchev–Trinajstić information content (AvgIpc) is 2.28. The van der Waals surface area contributed by atoms with Crippen molar-refractivity contribution in [3.8, 4) is 0 Å². The van der Waals surface area contributed by atoms with Crippen molar-refractivity contribution in [2.45, 2.75) is 13.3 Å². The van der Waals surface area contributed by atoms with Gasteiger partial charge < -0.3 is 10.2 Å². The molecule has 2 saturated heterocycles. The van der Waals surface area contributed by atoms with Gasteiger partial charge in [0.1, 0.15) is 0 Å². The molecule has 2 aliphatic heterocycles. The van der Waals surface area contributed by atoms with E-state index < -0.39 is 0 Å². The zero-order valence-corrected chi connectivity index (χ0v) is 7.19. The van der Waals surface area contributed by atoms with Gasteiger partial charge in [-0.3, -0.25) is 0 Å². The molecule has 2 heteroatoms. The Bertz CT molecular complexity index is 180. The molecule has 0 unspecified atom stereocenters. The number of likely N-dealkylation sites (tertiary alicyclic amines) is 1. The Labute approximate surface area is 68.3 Å². The maximum absolute atomic E-state index is 3.95. The van der Waals surface area contributed by atoms with Crippen LogP contribution in [0.15, 0.2) is 12.3 Å². The fourth-order valence-electron chi connectivity index (χ4n) is 2.24. The third-order valence-electron chi connectivity index (χ3n) is 2.87. The van der Waals surface area contributed by atoms with E-state index in [1.807, 2.05) is 0 Å². The van der Waals surface area contributed by atoms with Gasteiger partial charge in [-0.25, -0.2) is 0 Å². The Morgan fingerprint density at radius 1 is 1.64 bits per heavy atom. The molecular weight excluding hydrogens is 136 g/mol. The molecule has 2 nitrogen and oxygen atoms in total. The van der Waals surface area contributed by atoms with Crippen LogP contribution in [-0.4, -0.2) is 31.1 Å². The molecule has 11 heavy (non-hydrogen) atoms. The van der Waals surface area contributed by atoms with E-state index >= 15 is 0 Å². The smallest absolute Gasteiger partial charge is 0.0228 e. The summed E-state index contributed by atoms with van der Waals surface area (Å²) in [5.74, 6) is 0. The van der Waals surface area contributed by atoms with Crippen LogP contribution in [0.3, 0.4) is 0 Å². The number of hydrogen-bond acceptors (Lipinski definition) is 2. The molecule has 1 spiro atoms. The zero-order chi connectivity index (χ0) is 7.90. The summed E-state index contributed by atoms with van der Waals surface area (Å²) in [6, 6.07) is 0. The van der Waals surface area contributed by atoms with Crippen LogP contribution in [0.4, 0.5) is 0 Å². The van der Waals surface area contributed by atoms with Crippen LogP contribution in [0, 0.1) is 5.41 Å². The minimum Gasteiger partial charge on any atom is -0.388 e. The predicted octanol–water partition coefficient (Wildman–Crippen LogP) is 0.815. The van der Waals surface area contributed by atoms with Gasteiger partial charge in [0.25, 0.3) is 0 Å². The average molecular weight is 152 g/mol. The van der Waals surface area contributed by atoms with Crippen molar-refractivity contribution in [1.82, 2.24) is 10.2 Å². The summed E-state index contributed by atoms with van der Waals surface area (Å²) in [6.45, 7) is 11.1. The van der Waals surface area contributed by atoms with Crippen LogP contribution >= 0.6 is 0 Å². The van der Waals surface area contributed by atoms with Crippen molar-refractivity contribution in [2.24, 2.45) is 5.41 Å². The van der Waals surface area contributed by atoms with Crippen molar-refractivity contribution < 1.29 is 0 Å². The minimum atomic E-state index is 0.576. The first-order valence-electron chi connectivity index (χ1n) is 4.38. The summed E-state index contributed by atoms with van der Waals surface area (Å²) in [7, 11) is 0. The third kappa shape index (κ3) is 1.06. The molecule has 0 aromatic rings. The van der Waals surface area contributed by atoms with E-state index in [1.165, 1.54) is 31.8 Å². The van der Waals surface area contributed by atoms with Gasteiger partial charge in [-0.2, -0.15) is 0 Å². The van der Waals surface area contributed by atoms with E-state index in [4.69, 9.17) is 0 Å². The Morgan fingerprint density at radius 2 is 2.36 bits per heavy atom. The molecule has 0 atom stereocenters. The molecule has 0 aromatic heterocycles. The monoisotopic (exact) mass is 152 g/mol. The van der Waals surface area contributed by atoms with E-state index in [9.17, 15) is 0 Å². The molecule has 2 rings (SSSR count). The number of hydrogen-bond donors (Lipinski definition) is 1. The Balaban J connectivity index is 1.92. The van der Waals surface area contributed by atoms with E-state index in [1.54, 1.807) is 0 Å². The first-order chi connectivity index (χ1) is 5.24. The van der Waals surface area contributed by atoms with Gasteiger partial charge in [0.2, 0.25) is 0 Å². The van der Waals surface area contributed by atoms with Crippen LogP contribution in [0.2, 0.25) is 0 Å². The fourth-order valence-corrected chi connectivity index (χ4v) is 2.24. The number of allylic oxidation sites excluding steroid dienone is 1. The molecule has 0 saturated carbocycles. The van der Waals surface area contributed by atoms with Crippen LogP contribution in [0.1, 0.15) is 13.3 Å². The normalized spacial score (nSPS) is 28.6. The second-order valence-electron chi connectivity index (χ2n) is 3.94. The third-order valence-corrected chi connectivity index (χ3v) is 2.87. The summed E-state index contributed by atoms with van der Waals surface area (Å²) < 4.78 is 0. The maximum Gasteiger partial charge on any atom is 0.0228 e. The molecule has 0 radical (unpaired) electrons. The fraction of sp³-hybridized carbons (Fsp3) is 0.778. The van der Waals surface area contributed by atoms with E-state index in [0.29, 0.717) is 5.41 Å². The molecule has 0 amide bonds. The maximum atomic E-state index is 3.95. The molecule has 0 aliphatic carbocycles. The molecule has 0 aromatic carbocycles. The summed E-state index contributed by atoms with van der Waals surface area (Å²) in [5, 5.41) is 3.34. The summed E-state index contributed by atoms with van der Waals surface area (Å²) in [5.41, 5.74) is 1.81. The highest BCUT2D eigenvalue weighted by Crippen LogP contribution is 2.38. The summed E-state index contributed by atoms with van der Waals surface area (Å²) in [6.07, 6.45) is 1.20. The molecule has 2 heterocycles. The lowest BCUT2D eigenvalue weighted by atomic mass is 9.79. The quantitative estimate of drug-likeness (QED) is 0.598. The van der Waals surface area contributed by atoms with Crippen LogP contribution in [0.5, 0.6) is 0 Å². The van der Waals surface area contributed by atoms with Gasteiger partial charge in [0, 0.05) is 30.7 Å². The van der Waals surface area contributed by atoms with Crippen molar-refractivity contribution in [2.75, 3.05) is 26.2 Å². The minimum absolute atomic E-state index is 0.576. The number of rotatable bonds is 1. The van der Waals surface area contributed by atoms with Gasteiger partial charge in [0.05, 0.1) is 0 Å². The van der Waals surface area contributed by atoms with E-state index in [0.717, 1.165) is 6.54 Å². The van der Waals surface area contributed by atoms with Crippen molar-refractivity contribution in [3.63, 3.8) is 0 Å². The SMILES string of the molecule is C=C1CC2(CN1)CN(CC)C2. The summed E-state index contributed by atoms with van der Waals surface area (Å²) >= 11 is 0. The number of nitrogens with zero attached hydrogens (tertiary/aromatic N) is 1. The number of nitrogens with one attached hydrogen (secondary N) is 1. The van der Waals surface area contributed by atoms with Gasteiger partial charge in [-0.05, 0) is 13.0 Å². The standard InChI is InChI=1S/C9H16N2/c1-3-11-6-9(7-11)4-8(2)10-5-9/h10H,2-7H2,1H3. The van der Waals surface area contributed by atoms with E-state index in [-0.39, 0.29) is 0 Å². The van der Waals surface area contributed by atoms with Gasteiger partial charge in [0.15, 0.2) is 0 Å². The van der Waals surface area contributed by atoms with Crippen LogP contribution in [-0.2, 0) is 0 Å². The van der Waals surface area contributed by atoms with Crippen molar-refractivity contribution in [3.05, 3.63) is 12.3 Å². The van der Waals surface area contributed by atoms with E-state index in [2.05, 4.69) is 23.7 Å². The largest absolute Gasteiger partial charge is 0.388 e. The molecule has 2 fully saturated rings. The molecule has 2 aliphatic rings. The Hall–Kier alpha value is -0.500. The lowest BCUT2D eigenvalue weighted by Crippen LogP contribution is -2.56. The second-order valence-corrected chi connectivity index (χ2v) is 3.94. The lowest BCUT2D eigenvalue weighted by Gasteiger charge is -2.47. The molecular formula is C9H16N2. The molecule has 0 bridgehead atoms. The van der Waals surface area contributed by atoms with Crippen LogP contribution < -0.4 is 5.32 Å². The first-order valence-corrected chi connectivity index (χ1v) is 4.38.